The van der Waals surface area contributed by atoms with Crippen molar-refractivity contribution < 1.29 is 4.74 Å². The Hall–Kier alpha value is -0.580. The lowest BCUT2D eigenvalue weighted by Crippen LogP contribution is -2.27. The zero-order valence-corrected chi connectivity index (χ0v) is 24.8. The van der Waals surface area contributed by atoms with Gasteiger partial charge in [0.1, 0.15) is 20.1 Å². The van der Waals surface area contributed by atoms with Crippen molar-refractivity contribution in [2.45, 2.75) is 61.2 Å². The predicted molar refractivity (Wildman–Crippen MR) is 165 cm³/mol. The third kappa shape index (κ3) is 9.34. The van der Waals surface area contributed by atoms with Crippen LogP contribution in [0.4, 0.5) is 0 Å². The zero-order valence-electron chi connectivity index (χ0n) is 19.9. The van der Waals surface area contributed by atoms with Gasteiger partial charge < -0.3 is 14.5 Å². The third-order valence-electron chi connectivity index (χ3n) is 6.03. The van der Waals surface area contributed by atoms with Crippen LogP contribution in [-0.2, 0) is 0 Å². The highest BCUT2D eigenvalue weighted by atomic mass is 33.1. The molecule has 0 bridgehead atoms. The average molecular weight is 581 g/mol. The summed E-state index contributed by atoms with van der Waals surface area (Å²) in [7, 11) is 6.83. The first kappa shape index (κ1) is 27.5. The van der Waals surface area contributed by atoms with E-state index in [1.807, 2.05) is 24.3 Å². The molecule has 2 aliphatic heterocycles. The van der Waals surface area contributed by atoms with Crippen molar-refractivity contribution in [2.24, 2.45) is 0 Å². The van der Waals surface area contributed by atoms with E-state index in [9.17, 15) is 0 Å². The molecule has 2 fully saturated rings. The first-order chi connectivity index (χ1) is 17.2. The smallest absolute Gasteiger partial charge is 0.147 e. The lowest BCUT2D eigenvalue weighted by atomic mass is 10.2. The normalized spacial score (nSPS) is 16.9. The molecule has 4 rings (SSSR count). The molecule has 0 radical (unpaired) electrons. The molecule has 0 N–H and O–H groups in total. The van der Waals surface area contributed by atoms with E-state index in [4.69, 9.17) is 29.2 Å². The maximum absolute atomic E-state index is 6.06. The van der Waals surface area contributed by atoms with Crippen LogP contribution in [0.25, 0.3) is 0 Å². The average Bonchev–Trinajstić information content (AvgIpc) is 3.33. The van der Waals surface area contributed by atoms with Crippen LogP contribution < -0.4 is 4.74 Å². The van der Waals surface area contributed by atoms with Crippen LogP contribution in [0.1, 0.15) is 51.4 Å². The highest BCUT2D eigenvalue weighted by molar-refractivity contribution is 8.84. The molecule has 2 saturated heterocycles. The Balaban J connectivity index is 1.20. The second-order valence-electron chi connectivity index (χ2n) is 8.71. The zero-order chi connectivity index (χ0) is 24.3. The number of likely N-dealkylation sites (tertiary alicyclic amines) is 2. The van der Waals surface area contributed by atoms with Crippen LogP contribution in [0, 0.1) is 0 Å². The fraction of sp³-hybridized carbons (Fsp3) is 0.462. The van der Waals surface area contributed by atoms with E-state index >= 15 is 0 Å². The fourth-order valence-electron chi connectivity index (χ4n) is 4.04. The molecule has 0 unspecified atom stereocenters. The van der Waals surface area contributed by atoms with Gasteiger partial charge in [-0.15, -0.1) is 0 Å². The summed E-state index contributed by atoms with van der Waals surface area (Å²) >= 11 is 11.3. The van der Waals surface area contributed by atoms with Gasteiger partial charge in [0.2, 0.25) is 0 Å². The second-order valence-corrected chi connectivity index (χ2v) is 14.4. The van der Waals surface area contributed by atoms with Crippen LogP contribution in [0.3, 0.4) is 0 Å². The van der Waals surface area contributed by atoms with Crippen LogP contribution in [-0.4, -0.2) is 44.6 Å². The monoisotopic (exact) mass is 580 g/mol. The number of nitrogens with zero attached hydrogens (tertiary/aromatic N) is 2. The van der Waals surface area contributed by atoms with E-state index in [0.717, 1.165) is 46.3 Å². The van der Waals surface area contributed by atoms with Crippen LogP contribution >= 0.6 is 67.6 Å². The van der Waals surface area contributed by atoms with Gasteiger partial charge in [0.25, 0.3) is 0 Å². The van der Waals surface area contributed by atoms with Crippen LogP contribution in [0.15, 0.2) is 58.3 Å². The Morgan fingerprint density at radius 1 is 0.543 bits per heavy atom. The van der Waals surface area contributed by atoms with E-state index in [0.29, 0.717) is 0 Å². The molecular formula is C26H32N2OS6. The standard InChI is InChI=1S/C26H32N2OS6/c30-25(27-17-5-1-2-6-18-27)34-32-23-13-9-21(10-14-23)29-22-11-15-24(16-12-22)33-35-26(31)28-19-7-3-4-8-20-28/h9-16H,1-8,17-20H2. The molecule has 0 amide bonds. The van der Waals surface area contributed by atoms with E-state index in [1.54, 1.807) is 43.2 Å². The Morgan fingerprint density at radius 3 is 1.23 bits per heavy atom. The van der Waals surface area contributed by atoms with Gasteiger partial charge in [-0.1, -0.05) is 71.7 Å². The quantitative estimate of drug-likeness (QED) is 0.243. The molecule has 35 heavy (non-hydrogen) atoms. The van der Waals surface area contributed by atoms with E-state index in [-0.39, 0.29) is 0 Å². The first-order valence-corrected chi connectivity index (χ1v) is 17.4. The predicted octanol–water partition coefficient (Wildman–Crippen LogP) is 9.28. The molecule has 2 aliphatic rings. The molecule has 0 saturated carbocycles. The maximum Gasteiger partial charge on any atom is 0.147 e. The Kier molecular flexibility index (Phi) is 11.8. The topological polar surface area (TPSA) is 15.7 Å². The third-order valence-corrected chi connectivity index (χ3v) is 12.2. The Bertz CT molecular complexity index is 860. The van der Waals surface area contributed by atoms with E-state index < -0.39 is 0 Å². The lowest BCUT2D eigenvalue weighted by molar-refractivity contribution is 0.450. The fourth-order valence-corrected chi connectivity index (χ4v) is 8.73. The van der Waals surface area contributed by atoms with Gasteiger partial charge in [-0.05, 0) is 95.8 Å². The molecule has 188 valence electrons. The Labute approximate surface area is 236 Å². The van der Waals surface area contributed by atoms with E-state index in [2.05, 4.69) is 34.1 Å². The number of rotatable bonds is 6. The number of benzene rings is 2. The minimum absolute atomic E-state index is 0.839. The van der Waals surface area contributed by atoms with Gasteiger partial charge in [0.05, 0.1) is 0 Å². The minimum Gasteiger partial charge on any atom is -0.457 e. The highest BCUT2D eigenvalue weighted by Gasteiger charge is 2.14. The summed E-state index contributed by atoms with van der Waals surface area (Å²) in [5.41, 5.74) is 0. The number of hydrogen-bond donors (Lipinski definition) is 0. The molecular weight excluding hydrogens is 549 g/mol. The molecule has 0 spiro atoms. The minimum atomic E-state index is 0.839. The molecule has 2 aromatic carbocycles. The molecule has 3 nitrogen and oxygen atoms in total. The van der Waals surface area contributed by atoms with Crippen LogP contribution in [0.5, 0.6) is 11.5 Å². The molecule has 2 heterocycles. The van der Waals surface area contributed by atoms with Crippen LogP contribution in [0.2, 0.25) is 0 Å². The highest BCUT2D eigenvalue weighted by Crippen LogP contribution is 2.37. The van der Waals surface area contributed by atoms with E-state index in [1.165, 1.54) is 61.2 Å². The largest absolute Gasteiger partial charge is 0.457 e. The van der Waals surface area contributed by atoms with Crippen molar-refractivity contribution in [2.75, 3.05) is 26.2 Å². The molecule has 0 atom stereocenters. The van der Waals surface area contributed by atoms with Crippen molar-refractivity contribution >= 4 is 76.3 Å². The van der Waals surface area contributed by atoms with Gasteiger partial charge in [-0.25, -0.2) is 0 Å². The van der Waals surface area contributed by atoms with Gasteiger partial charge >= 0.3 is 0 Å². The summed E-state index contributed by atoms with van der Waals surface area (Å²) in [6, 6.07) is 16.5. The van der Waals surface area contributed by atoms with Crippen molar-refractivity contribution in [3.63, 3.8) is 0 Å². The van der Waals surface area contributed by atoms with Gasteiger partial charge in [-0.3, -0.25) is 0 Å². The summed E-state index contributed by atoms with van der Waals surface area (Å²) in [6.45, 7) is 4.39. The molecule has 9 heteroatoms. The molecule has 0 aromatic heterocycles. The van der Waals surface area contributed by atoms with Gasteiger partial charge in [-0.2, -0.15) is 0 Å². The lowest BCUT2D eigenvalue weighted by Gasteiger charge is -2.22. The van der Waals surface area contributed by atoms with Gasteiger partial charge in [0.15, 0.2) is 0 Å². The van der Waals surface area contributed by atoms with Gasteiger partial charge in [0, 0.05) is 36.0 Å². The second kappa shape index (κ2) is 15.0. The van der Waals surface area contributed by atoms with Crippen molar-refractivity contribution in [1.82, 2.24) is 9.80 Å². The first-order valence-electron chi connectivity index (χ1n) is 12.3. The summed E-state index contributed by atoms with van der Waals surface area (Å²) in [6.07, 6.45) is 10.3. The molecule has 2 aromatic rings. The summed E-state index contributed by atoms with van der Waals surface area (Å²) in [5, 5.41) is 0. The number of ether oxygens (including phenoxy) is 1. The summed E-state index contributed by atoms with van der Waals surface area (Å²) in [4.78, 5) is 7.09. The number of thiocarbonyl (C=S) groups is 2. The summed E-state index contributed by atoms with van der Waals surface area (Å²) < 4.78 is 8.06. The van der Waals surface area contributed by atoms with Crippen molar-refractivity contribution in [3.8, 4) is 11.5 Å². The SMILES string of the molecule is S=C(SSc1ccc(Oc2ccc(SSC(=S)N3CCCCCC3)cc2)cc1)N1CCCCCC1. The summed E-state index contributed by atoms with van der Waals surface area (Å²) in [5.74, 6) is 1.68. The van der Waals surface area contributed by atoms with Crippen molar-refractivity contribution in [1.29, 1.82) is 0 Å². The Morgan fingerprint density at radius 2 is 0.886 bits per heavy atom. The molecule has 0 aliphatic carbocycles. The maximum atomic E-state index is 6.06. The number of hydrogen-bond acceptors (Lipinski definition) is 7. The van der Waals surface area contributed by atoms with Crippen molar-refractivity contribution in [3.05, 3.63) is 48.5 Å².